The van der Waals surface area contributed by atoms with Gasteiger partial charge in [-0.3, -0.25) is 9.69 Å². The Morgan fingerprint density at radius 3 is 2.53 bits per heavy atom. The number of carboxylic acid groups (broad SMARTS) is 1. The molecule has 1 N–H and O–H groups in total. The zero-order valence-electron chi connectivity index (χ0n) is 11.3. The minimum Gasteiger partial charge on any atom is -0.481 e. The van der Waals surface area contributed by atoms with E-state index >= 15 is 0 Å². The van der Waals surface area contributed by atoms with Crippen LogP contribution >= 0.6 is 0 Å². The van der Waals surface area contributed by atoms with Gasteiger partial charge in [0.05, 0.1) is 5.41 Å². The molecule has 2 fully saturated rings. The molecular formula is C14H25NO2. The van der Waals surface area contributed by atoms with Gasteiger partial charge in [-0.25, -0.2) is 0 Å². The average molecular weight is 239 g/mol. The number of aliphatic carboxylic acids is 1. The summed E-state index contributed by atoms with van der Waals surface area (Å²) in [6, 6.07) is 0.593. The third-order valence-corrected chi connectivity index (χ3v) is 5.16. The van der Waals surface area contributed by atoms with Crippen LogP contribution in [-0.4, -0.2) is 35.1 Å². The van der Waals surface area contributed by atoms with Crippen LogP contribution in [0.3, 0.4) is 0 Å². The summed E-state index contributed by atoms with van der Waals surface area (Å²) in [7, 11) is 0. The first kappa shape index (κ1) is 12.9. The second-order valence-electron chi connectivity index (χ2n) is 6.56. The van der Waals surface area contributed by atoms with E-state index in [2.05, 4.69) is 18.7 Å². The maximum atomic E-state index is 11.4. The van der Waals surface area contributed by atoms with Crippen LogP contribution in [0.25, 0.3) is 0 Å². The van der Waals surface area contributed by atoms with Gasteiger partial charge in [-0.1, -0.05) is 27.2 Å². The van der Waals surface area contributed by atoms with E-state index in [4.69, 9.17) is 0 Å². The second kappa shape index (κ2) is 4.27. The van der Waals surface area contributed by atoms with Crippen molar-refractivity contribution < 1.29 is 9.90 Å². The summed E-state index contributed by atoms with van der Waals surface area (Å²) in [6.07, 6.45) is 5.39. The van der Waals surface area contributed by atoms with Crippen LogP contribution in [0.5, 0.6) is 0 Å². The van der Waals surface area contributed by atoms with E-state index in [1.807, 2.05) is 6.92 Å². The van der Waals surface area contributed by atoms with E-state index in [1.165, 1.54) is 19.3 Å². The van der Waals surface area contributed by atoms with Gasteiger partial charge in [-0.15, -0.1) is 0 Å². The highest BCUT2D eigenvalue weighted by Crippen LogP contribution is 2.45. The number of carboxylic acids is 1. The Morgan fingerprint density at radius 2 is 2.12 bits per heavy atom. The molecule has 1 aliphatic carbocycles. The van der Waals surface area contributed by atoms with Gasteiger partial charge in [0.2, 0.25) is 0 Å². The van der Waals surface area contributed by atoms with Crippen LogP contribution in [0.2, 0.25) is 0 Å². The molecule has 1 aliphatic heterocycles. The summed E-state index contributed by atoms with van der Waals surface area (Å²) in [5, 5.41) is 9.43. The summed E-state index contributed by atoms with van der Waals surface area (Å²) in [6.45, 7) is 8.40. The number of hydrogen-bond acceptors (Lipinski definition) is 2. The molecule has 3 heteroatoms. The van der Waals surface area contributed by atoms with Gasteiger partial charge in [-0.05, 0) is 37.6 Å². The van der Waals surface area contributed by atoms with Crippen molar-refractivity contribution in [2.24, 2.45) is 10.8 Å². The third kappa shape index (κ3) is 2.10. The van der Waals surface area contributed by atoms with Gasteiger partial charge in [0.1, 0.15) is 0 Å². The summed E-state index contributed by atoms with van der Waals surface area (Å²) in [5.41, 5.74) is -0.110. The van der Waals surface area contributed by atoms with Crippen LogP contribution in [0.1, 0.15) is 52.9 Å². The minimum absolute atomic E-state index is 0.363. The average Bonchev–Trinajstić information content (AvgIpc) is 2.81. The molecule has 2 rings (SSSR count). The molecule has 0 aromatic carbocycles. The first-order valence-corrected chi connectivity index (χ1v) is 6.89. The van der Waals surface area contributed by atoms with Gasteiger partial charge >= 0.3 is 5.97 Å². The maximum Gasteiger partial charge on any atom is 0.310 e. The highest BCUT2D eigenvalue weighted by Gasteiger charge is 2.48. The molecule has 2 atom stereocenters. The lowest BCUT2D eigenvalue weighted by molar-refractivity contribution is -0.148. The quantitative estimate of drug-likeness (QED) is 0.823. The predicted molar refractivity (Wildman–Crippen MR) is 68.0 cm³/mol. The molecule has 0 amide bonds. The number of rotatable bonds is 3. The van der Waals surface area contributed by atoms with Crippen molar-refractivity contribution in [2.75, 3.05) is 13.1 Å². The first-order valence-electron chi connectivity index (χ1n) is 6.89. The van der Waals surface area contributed by atoms with Gasteiger partial charge < -0.3 is 5.11 Å². The van der Waals surface area contributed by atoms with Crippen molar-refractivity contribution in [3.8, 4) is 0 Å². The number of likely N-dealkylation sites (tertiary alicyclic amines) is 1. The van der Waals surface area contributed by atoms with Crippen molar-refractivity contribution in [2.45, 2.75) is 58.9 Å². The lowest BCUT2D eigenvalue weighted by Gasteiger charge is -2.36. The minimum atomic E-state index is -0.599. The smallest absolute Gasteiger partial charge is 0.310 e. The zero-order valence-corrected chi connectivity index (χ0v) is 11.3. The Balaban J connectivity index is 2.09. The molecule has 1 heterocycles. The van der Waals surface area contributed by atoms with E-state index in [0.717, 1.165) is 25.9 Å². The fourth-order valence-electron chi connectivity index (χ4n) is 3.77. The molecule has 1 saturated carbocycles. The Kier molecular flexibility index (Phi) is 3.23. The maximum absolute atomic E-state index is 11.4. The molecule has 0 radical (unpaired) electrons. The second-order valence-corrected chi connectivity index (χ2v) is 6.56. The van der Waals surface area contributed by atoms with E-state index < -0.39 is 11.4 Å². The monoisotopic (exact) mass is 239 g/mol. The van der Waals surface area contributed by atoms with Gasteiger partial charge in [0.25, 0.3) is 0 Å². The highest BCUT2D eigenvalue weighted by atomic mass is 16.4. The van der Waals surface area contributed by atoms with Gasteiger partial charge in [0, 0.05) is 12.6 Å². The van der Waals surface area contributed by atoms with Gasteiger partial charge in [-0.2, -0.15) is 0 Å². The SMILES string of the molecule is CCC1(C(=O)O)CCN(C2CCCC2(C)C)C1. The van der Waals surface area contributed by atoms with Crippen molar-refractivity contribution in [3.63, 3.8) is 0 Å². The molecule has 0 aromatic rings. The molecule has 2 aliphatic rings. The Labute approximate surface area is 104 Å². The topological polar surface area (TPSA) is 40.5 Å². The van der Waals surface area contributed by atoms with E-state index in [1.54, 1.807) is 0 Å². The molecule has 0 spiro atoms. The largest absolute Gasteiger partial charge is 0.481 e. The van der Waals surface area contributed by atoms with Crippen molar-refractivity contribution >= 4 is 5.97 Å². The molecule has 1 saturated heterocycles. The zero-order chi connectivity index (χ0) is 12.7. The van der Waals surface area contributed by atoms with Crippen molar-refractivity contribution in [1.82, 2.24) is 4.90 Å². The summed E-state index contributed by atoms with van der Waals surface area (Å²) in [5.74, 6) is -0.599. The third-order valence-electron chi connectivity index (χ3n) is 5.16. The predicted octanol–water partition coefficient (Wildman–Crippen LogP) is 2.75. The normalized spacial score (nSPS) is 37.5. The first-order chi connectivity index (χ1) is 7.91. The van der Waals surface area contributed by atoms with Crippen LogP contribution < -0.4 is 0 Å². The standard InChI is InChI=1S/C14H25NO2/c1-4-14(12(16)17)8-9-15(10-14)11-6-5-7-13(11,2)3/h11H,4-10H2,1-3H3,(H,16,17). The molecule has 17 heavy (non-hydrogen) atoms. The molecule has 0 bridgehead atoms. The Bertz CT molecular complexity index is 313. The summed E-state index contributed by atoms with van der Waals surface area (Å²) >= 11 is 0. The number of nitrogens with zero attached hydrogens (tertiary/aromatic N) is 1. The van der Waals surface area contributed by atoms with Crippen molar-refractivity contribution in [3.05, 3.63) is 0 Å². The van der Waals surface area contributed by atoms with Crippen LogP contribution in [0.4, 0.5) is 0 Å². The molecule has 3 nitrogen and oxygen atoms in total. The highest BCUT2D eigenvalue weighted by molar-refractivity contribution is 5.75. The van der Waals surface area contributed by atoms with Crippen molar-refractivity contribution in [1.29, 1.82) is 0 Å². The fourth-order valence-corrected chi connectivity index (χ4v) is 3.77. The lowest BCUT2D eigenvalue weighted by Crippen LogP contribution is -2.43. The van der Waals surface area contributed by atoms with Crippen LogP contribution in [0, 0.1) is 10.8 Å². The fraction of sp³-hybridized carbons (Fsp3) is 0.929. The lowest BCUT2D eigenvalue weighted by atomic mass is 9.83. The molecule has 98 valence electrons. The Hall–Kier alpha value is -0.570. The van der Waals surface area contributed by atoms with Crippen LogP contribution in [0.15, 0.2) is 0 Å². The molecule has 2 unspecified atom stereocenters. The van der Waals surface area contributed by atoms with E-state index in [0.29, 0.717) is 11.5 Å². The summed E-state index contributed by atoms with van der Waals surface area (Å²) in [4.78, 5) is 13.9. The summed E-state index contributed by atoms with van der Waals surface area (Å²) < 4.78 is 0. The van der Waals surface area contributed by atoms with Crippen LogP contribution in [-0.2, 0) is 4.79 Å². The van der Waals surface area contributed by atoms with E-state index in [9.17, 15) is 9.90 Å². The van der Waals surface area contributed by atoms with E-state index in [-0.39, 0.29) is 0 Å². The number of hydrogen-bond donors (Lipinski definition) is 1. The van der Waals surface area contributed by atoms with Gasteiger partial charge in [0.15, 0.2) is 0 Å². The molecule has 0 aromatic heterocycles. The Morgan fingerprint density at radius 1 is 1.41 bits per heavy atom. The molecular weight excluding hydrogens is 214 g/mol. The number of carbonyl (C=O) groups is 1.